The van der Waals surface area contributed by atoms with Gasteiger partial charge in [-0.1, -0.05) is 6.92 Å². The fraction of sp³-hybridized carbons (Fsp3) is 0.261. The summed E-state index contributed by atoms with van der Waals surface area (Å²) in [4.78, 5) is 10.6. The molecule has 0 amide bonds. The topological polar surface area (TPSA) is 125 Å². The van der Waals surface area contributed by atoms with Crippen molar-refractivity contribution in [1.29, 1.82) is 0 Å². The van der Waals surface area contributed by atoms with Gasteiger partial charge in [0.2, 0.25) is 5.95 Å². The largest absolute Gasteiger partial charge is 0.508 e. The summed E-state index contributed by atoms with van der Waals surface area (Å²) in [7, 11) is 0. The van der Waals surface area contributed by atoms with Gasteiger partial charge in [0.25, 0.3) is 0 Å². The Morgan fingerprint density at radius 1 is 1.12 bits per heavy atom. The van der Waals surface area contributed by atoms with Crippen LogP contribution in [0.4, 0.5) is 26.1 Å². The number of hydrogen-bond acceptors (Lipinski definition) is 8. The SMILES string of the molecule is C[C@H]1CN(c2ccncc2Nc2ncc3ccc(-c4c(F)cc(O)cc4F)nn23)C[C@@H](N)[C@@H]1O. The molecular weight excluding hydrogens is 444 g/mol. The van der Waals surface area contributed by atoms with Gasteiger partial charge in [-0.25, -0.2) is 13.8 Å². The van der Waals surface area contributed by atoms with Crippen LogP contribution in [0.1, 0.15) is 6.92 Å². The zero-order valence-electron chi connectivity index (χ0n) is 18.2. The number of rotatable bonds is 4. The van der Waals surface area contributed by atoms with Gasteiger partial charge in [0.1, 0.15) is 17.4 Å². The van der Waals surface area contributed by atoms with E-state index in [4.69, 9.17) is 5.73 Å². The number of aliphatic hydroxyl groups excluding tert-OH is 1. The molecule has 34 heavy (non-hydrogen) atoms. The van der Waals surface area contributed by atoms with E-state index in [1.807, 2.05) is 13.0 Å². The van der Waals surface area contributed by atoms with E-state index in [9.17, 15) is 19.0 Å². The number of aliphatic hydroxyl groups is 1. The predicted octanol–water partition coefficient (Wildman–Crippen LogP) is 2.66. The van der Waals surface area contributed by atoms with Crippen LogP contribution >= 0.6 is 0 Å². The van der Waals surface area contributed by atoms with Crippen LogP contribution in [0.25, 0.3) is 16.8 Å². The lowest BCUT2D eigenvalue weighted by Crippen LogP contribution is -2.55. The van der Waals surface area contributed by atoms with Crippen LogP contribution in [-0.2, 0) is 0 Å². The molecule has 0 radical (unpaired) electrons. The summed E-state index contributed by atoms with van der Waals surface area (Å²) in [6.45, 7) is 3.02. The van der Waals surface area contributed by atoms with Crippen molar-refractivity contribution in [3.8, 4) is 17.0 Å². The number of halogens is 2. The number of imidazole rings is 1. The van der Waals surface area contributed by atoms with E-state index in [-0.39, 0.29) is 17.2 Å². The molecule has 3 atom stereocenters. The van der Waals surface area contributed by atoms with Gasteiger partial charge >= 0.3 is 0 Å². The highest BCUT2D eigenvalue weighted by molar-refractivity contribution is 5.74. The maximum atomic E-state index is 14.4. The average molecular weight is 467 g/mol. The van der Waals surface area contributed by atoms with E-state index < -0.39 is 29.5 Å². The molecule has 4 heterocycles. The highest BCUT2D eigenvalue weighted by Gasteiger charge is 2.32. The minimum atomic E-state index is -0.925. The lowest BCUT2D eigenvalue weighted by atomic mass is 9.92. The third-order valence-electron chi connectivity index (χ3n) is 6.01. The first-order chi connectivity index (χ1) is 16.3. The van der Waals surface area contributed by atoms with E-state index in [1.54, 1.807) is 24.7 Å². The van der Waals surface area contributed by atoms with Gasteiger partial charge < -0.3 is 26.2 Å². The number of nitrogens with zero attached hydrogens (tertiary/aromatic N) is 5. The Hall–Kier alpha value is -3.83. The van der Waals surface area contributed by atoms with E-state index in [0.717, 1.165) is 17.8 Å². The van der Waals surface area contributed by atoms with E-state index >= 15 is 0 Å². The van der Waals surface area contributed by atoms with Gasteiger partial charge in [0, 0.05) is 43.4 Å². The molecule has 5 N–H and O–H groups in total. The number of nitrogens with one attached hydrogen (secondary N) is 1. The maximum absolute atomic E-state index is 14.4. The van der Waals surface area contributed by atoms with Crippen LogP contribution in [0.2, 0.25) is 0 Å². The molecule has 1 aromatic carbocycles. The number of phenols is 1. The first kappa shape index (κ1) is 22.0. The van der Waals surface area contributed by atoms with Gasteiger partial charge in [-0.3, -0.25) is 4.98 Å². The van der Waals surface area contributed by atoms with Crippen molar-refractivity contribution in [2.24, 2.45) is 11.7 Å². The minimum absolute atomic E-state index is 0.0173. The van der Waals surface area contributed by atoms with Gasteiger partial charge in [-0.15, -0.1) is 0 Å². The molecular formula is C23H23F2N7O2. The summed E-state index contributed by atoms with van der Waals surface area (Å²) >= 11 is 0. The van der Waals surface area contributed by atoms with Crippen molar-refractivity contribution in [3.05, 3.63) is 60.6 Å². The molecule has 1 aliphatic heterocycles. The molecule has 3 aromatic heterocycles. The first-order valence-electron chi connectivity index (χ1n) is 10.7. The monoisotopic (exact) mass is 467 g/mol. The standard InChI is InChI=1S/C23H23F2N7O2/c1-12-10-31(11-17(26)22(12)34)20-4-5-27-9-19(20)29-23-28-8-13-2-3-18(30-32(13)23)21-15(24)6-14(33)7-16(21)25/h2-9,12,17,22,33-34H,10-11,26H2,1H3,(H,28,29)/t12-,17+,22+/m0/s1. The molecule has 5 rings (SSSR count). The first-order valence-corrected chi connectivity index (χ1v) is 10.7. The molecule has 0 aliphatic carbocycles. The maximum Gasteiger partial charge on any atom is 0.229 e. The number of phenolic OH excluding ortho intramolecular Hbond substituents is 1. The highest BCUT2D eigenvalue weighted by atomic mass is 19.1. The minimum Gasteiger partial charge on any atom is -0.508 e. The molecule has 0 bridgehead atoms. The smallest absolute Gasteiger partial charge is 0.229 e. The number of aromatic nitrogens is 4. The third kappa shape index (κ3) is 3.88. The zero-order chi connectivity index (χ0) is 24.0. The van der Waals surface area contributed by atoms with E-state index in [2.05, 4.69) is 25.3 Å². The lowest BCUT2D eigenvalue weighted by Gasteiger charge is -2.40. The van der Waals surface area contributed by atoms with Crippen molar-refractivity contribution >= 4 is 22.8 Å². The molecule has 9 nitrogen and oxygen atoms in total. The van der Waals surface area contributed by atoms with Gasteiger partial charge in [0.05, 0.1) is 46.6 Å². The molecule has 0 unspecified atom stereocenters. The Labute approximate surface area is 193 Å². The summed E-state index contributed by atoms with van der Waals surface area (Å²) in [5.74, 6) is -2.05. The summed E-state index contributed by atoms with van der Waals surface area (Å²) in [5.41, 5.74) is 7.89. The number of aromatic hydroxyl groups is 1. The number of nitrogens with two attached hydrogens (primary N) is 1. The molecule has 1 saturated heterocycles. The molecule has 11 heteroatoms. The Bertz CT molecular complexity index is 1330. The zero-order valence-corrected chi connectivity index (χ0v) is 18.2. The molecule has 1 aliphatic rings. The summed E-state index contributed by atoms with van der Waals surface area (Å²) in [6, 6.07) is 6.24. The Balaban J connectivity index is 1.51. The number of benzene rings is 1. The van der Waals surface area contributed by atoms with Crippen LogP contribution in [0.15, 0.2) is 48.9 Å². The quantitative estimate of drug-likeness (QED) is 0.361. The normalized spacial score (nSPS) is 20.6. The van der Waals surface area contributed by atoms with Crippen LogP contribution in [-0.4, -0.2) is 55.0 Å². The molecule has 0 spiro atoms. The summed E-state index contributed by atoms with van der Waals surface area (Å²) in [5, 5.41) is 27.2. The molecule has 4 aromatic rings. The van der Waals surface area contributed by atoms with Crippen molar-refractivity contribution in [3.63, 3.8) is 0 Å². The van der Waals surface area contributed by atoms with Crippen molar-refractivity contribution in [2.75, 3.05) is 23.3 Å². The third-order valence-corrected chi connectivity index (χ3v) is 6.01. The Morgan fingerprint density at radius 2 is 1.88 bits per heavy atom. The number of anilines is 3. The fourth-order valence-corrected chi connectivity index (χ4v) is 4.30. The van der Waals surface area contributed by atoms with Crippen molar-refractivity contribution in [1.82, 2.24) is 19.6 Å². The lowest BCUT2D eigenvalue weighted by molar-refractivity contribution is 0.0785. The molecule has 1 fully saturated rings. The summed E-state index contributed by atoms with van der Waals surface area (Å²) < 4.78 is 30.2. The fourth-order valence-electron chi connectivity index (χ4n) is 4.30. The summed E-state index contributed by atoms with van der Waals surface area (Å²) in [6.07, 6.45) is 4.31. The van der Waals surface area contributed by atoms with E-state index in [0.29, 0.717) is 30.2 Å². The molecule has 176 valence electrons. The predicted molar refractivity (Wildman–Crippen MR) is 123 cm³/mol. The Kier molecular flexibility index (Phi) is 5.50. The Morgan fingerprint density at radius 3 is 2.62 bits per heavy atom. The number of hydrogen-bond donors (Lipinski definition) is 4. The number of piperidine rings is 1. The van der Waals surface area contributed by atoms with Crippen LogP contribution < -0.4 is 16.0 Å². The number of fused-ring (bicyclic) bond motifs is 1. The van der Waals surface area contributed by atoms with Gasteiger partial charge in [0.15, 0.2) is 0 Å². The second-order valence-corrected chi connectivity index (χ2v) is 8.48. The number of pyridine rings is 1. The van der Waals surface area contributed by atoms with Crippen LogP contribution in [0.3, 0.4) is 0 Å². The average Bonchev–Trinajstić information content (AvgIpc) is 3.19. The second kappa shape index (κ2) is 8.50. The van der Waals surface area contributed by atoms with Crippen LogP contribution in [0.5, 0.6) is 5.75 Å². The van der Waals surface area contributed by atoms with E-state index in [1.165, 1.54) is 10.6 Å². The van der Waals surface area contributed by atoms with Gasteiger partial charge in [-0.05, 0) is 18.2 Å². The molecule has 0 saturated carbocycles. The van der Waals surface area contributed by atoms with Gasteiger partial charge in [-0.2, -0.15) is 9.61 Å². The van der Waals surface area contributed by atoms with Crippen molar-refractivity contribution in [2.45, 2.75) is 19.1 Å². The van der Waals surface area contributed by atoms with Crippen LogP contribution in [0, 0.1) is 17.6 Å². The second-order valence-electron chi connectivity index (χ2n) is 8.48. The highest BCUT2D eigenvalue weighted by Crippen LogP contribution is 2.32. The van der Waals surface area contributed by atoms with Crippen molar-refractivity contribution < 1.29 is 19.0 Å².